The normalized spacial score (nSPS) is 27.1. The third kappa shape index (κ3) is 3.88. The number of rotatable bonds is 6. The Bertz CT molecular complexity index is 434. The zero-order valence-corrected chi connectivity index (χ0v) is 11.5. The van der Waals surface area contributed by atoms with Crippen LogP contribution in [0.3, 0.4) is 0 Å². The maximum Gasteiger partial charge on any atom is 0.307 e. The lowest BCUT2D eigenvalue weighted by Gasteiger charge is -2.30. The van der Waals surface area contributed by atoms with Crippen LogP contribution in [0.1, 0.15) is 25.7 Å². The third-order valence-electron chi connectivity index (χ3n) is 3.71. The molecule has 1 saturated carbocycles. The summed E-state index contributed by atoms with van der Waals surface area (Å²) in [5, 5.41) is 18.6. The van der Waals surface area contributed by atoms with E-state index in [0.717, 1.165) is 17.1 Å². The Hall–Kier alpha value is -0.700. The summed E-state index contributed by atoms with van der Waals surface area (Å²) in [7, 11) is -3.69. The van der Waals surface area contributed by atoms with E-state index in [-0.39, 0.29) is 19.0 Å². The van der Waals surface area contributed by atoms with Gasteiger partial charge in [0.05, 0.1) is 12.0 Å². The molecule has 110 valence electrons. The van der Waals surface area contributed by atoms with Crippen LogP contribution in [-0.2, 0) is 15.0 Å². The number of aliphatic carboxylic acids is 1. The monoisotopic (exact) mass is 292 g/mol. The lowest BCUT2D eigenvalue weighted by Crippen LogP contribution is -2.49. The van der Waals surface area contributed by atoms with Crippen LogP contribution in [0.15, 0.2) is 0 Å². The molecule has 1 aliphatic heterocycles. The Morgan fingerprint density at radius 3 is 2.63 bits per heavy atom. The molecule has 0 radical (unpaired) electrons. The number of aliphatic hydroxyl groups excluding tert-OH is 1. The topological polar surface area (TPSA) is 107 Å². The molecule has 2 aliphatic rings. The van der Waals surface area contributed by atoms with Crippen LogP contribution in [0.2, 0.25) is 0 Å². The maximum absolute atomic E-state index is 12.0. The first-order chi connectivity index (χ1) is 8.90. The van der Waals surface area contributed by atoms with Gasteiger partial charge in [0.2, 0.25) is 0 Å². The molecule has 0 aromatic rings. The van der Waals surface area contributed by atoms with Crippen molar-refractivity contribution in [2.75, 3.05) is 19.6 Å². The highest BCUT2D eigenvalue weighted by molar-refractivity contribution is 7.87. The minimum Gasteiger partial charge on any atom is -0.481 e. The summed E-state index contributed by atoms with van der Waals surface area (Å²) in [4.78, 5) is 10.9. The highest BCUT2D eigenvalue weighted by Gasteiger charge is 2.34. The molecule has 0 bridgehead atoms. The van der Waals surface area contributed by atoms with E-state index < -0.39 is 28.2 Å². The van der Waals surface area contributed by atoms with Crippen molar-refractivity contribution in [1.29, 1.82) is 0 Å². The summed E-state index contributed by atoms with van der Waals surface area (Å²) in [6.07, 6.45) is 2.28. The van der Waals surface area contributed by atoms with E-state index in [4.69, 9.17) is 5.11 Å². The molecule has 2 rings (SSSR count). The van der Waals surface area contributed by atoms with E-state index in [0.29, 0.717) is 19.4 Å². The van der Waals surface area contributed by atoms with Gasteiger partial charge in [-0.15, -0.1) is 0 Å². The fourth-order valence-electron chi connectivity index (χ4n) is 2.29. The molecule has 19 heavy (non-hydrogen) atoms. The van der Waals surface area contributed by atoms with E-state index in [1.807, 2.05) is 0 Å². The summed E-state index contributed by atoms with van der Waals surface area (Å²) in [6, 6.07) is 0. The minimum atomic E-state index is -3.69. The molecule has 0 spiro atoms. The molecule has 2 fully saturated rings. The molecule has 0 amide bonds. The van der Waals surface area contributed by atoms with Crippen LogP contribution in [0.5, 0.6) is 0 Å². The summed E-state index contributed by atoms with van der Waals surface area (Å²) in [5.74, 6) is -1.40. The molecular formula is C11H20N2O5S. The standard InChI is InChI=1S/C11H20N2O5S/c14-10(8-3-4-8)6-12-19(17,18)13-5-1-2-9(7-13)11(15)16/h8-10,12,14H,1-7H2,(H,15,16). The molecule has 2 unspecified atom stereocenters. The Labute approximate surface area is 112 Å². The Kier molecular flexibility index (Phi) is 4.44. The van der Waals surface area contributed by atoms with Crippen molar-refractivity contribution in [2.45, 2.75) is 31.8 Å². The molecule has 7 nitrogen and oxygen atoms in total. The van der Waals surface area contributed by atoms with Crippen molar-refractivity contribution in [2.24, 2.45) is 11.8 Å². The maximum atomic E-state index is 12.0. The van der Waals surface area contributed by atoms with Crippen LogP contribution in [0, 0.1) is 11.8 Å². The Morgan fingerprint density at radius 2 is 2.05 bits per heavy atom. The number of carboxylic acid groups (broad SMARTS) is 1. The van der Waals surface area contributed by atoms with Crippen LogP contribution < -0.4 is 4.72 Å². The van der Waals surface area contributed by atoms with Gasteiger partial charge < -0.3 is 10.2 Å². The zero-order valence-electron chi connectivity index (χ0n) is 10.7. The number of nitrogens with one attached hydrogen (secondary N) is 1. The van der Waals surface area contributed by atoms with Gasteiger partial charge in [0.1, 0.15) is 0 Å². The number of aliphatic hydroxyl groups is 1. The Morgan fingerprint density at radius 1 is 1.37 bits per heavy atom. The smallest absolute Gasteiger partial charge is 0.307 e. The second-order valence-corrected chi connectivity index (χ2v) is 7.05. The van der Waals surface area contributed by atoms with E-state index >= 15 is 0 Å². The first-order valence-electron chi connectivity index (χ1n) is 6.56. The predicted octanol–water partition coefficient (Wildman–Crippen LogP) is -0.612. The van der Waals surface area contributed by atoms with Crippen molar-refractivity contribution in [3.63, 3.8) is 0 Å². The number of carbonyl (C=O) groups is 1. The van der Waals surface area contributed by atoms with Gasteiger partial charge in [-0.1, -0.05) is 0 Å². The van der Waals surface area contributed by atoms with Gasteiger partial charge in [0.25, 0.3) is 10.2 Å². The van der Waals surface area contributed by atoms with Crippen LogP contribution in [-0.4, -0.2) is 54.6 Å². The van der Waals surface area contributed by atoms with Crippen molar-refractivity contribution in [3.05, 3.63) is 0 Å². The SMILES string of the molecule is O=C(O)C1CCCN(S(=O)(=O)NCC(O)C2CC2)C1. The average molecular weight is 292 g/mol. The third-order valence-corrected chi connectivity index (χ3v) is 5.26. The fraction of sp³-hybridized carbons (Fsp3) is 0.909. The van der Waals surface area contributed by atoms with Crippen LogP contribution >= 0.6 is 0 Å². The van der Waals surface area contributed by atoms with Gasteiger partial charge in [-0.2, -0.15) is 17.4 Å². The lowest BCUT2D eigenvalue weighted by atomic mass is 10.0. The van der Waals surface area contributed by atoms with E-state index in [1.54, 1.807) is 0 Å². The summed E-state index contributed by atoms with van der Waals surface area (Å²) in [6.45, 7) is 0.337. The van der Waals surface area contributed by atoms with Gasteiger partial charge in [-0.25, -0.2) is 0 Å². The summed E-state index contributed by atoms with van der Waals surface area (Å²) < 4.78 is 27.6. The van der Waals surface area contributed by atoms with Gasteiger partial charge in [-0.05, 0) is 31.6 Å². The Balaban J connectivity index is 1.88. The second-order valence-electron chi connectivity index (χ2n) is 5.29. The molecule has 1 heterocycles. The van der Waals surface area contributed by atoms with Crippen molar-refractivity contribution >= 4 is 16.2 Å². The molecule has 3 N–H and O–H groups in total. The second kappa shape index (κ2) is 5.74. The molecule has 0 aromatic heterocycles. The van der Waals surface area contributed by atoms with Gasteiger partial charge in [0.15, 0.2) is 0 Å². The van der Waals surface area contributed by atoms with Crippen molar-refractivity contribution in [1.82, 2.24) is 9.03 Å². The summed E-state index contributed by atoms with van der Waals surface area (Å²) in [5.41, 5.74) is 0. The minimum absolute atomic E-state index is 0.00123. The van der Waals surface area contributed by atoms with Gasteiger partial charge in [0, 0.05) is 19.6 Å². The first kappa shape index (κ1) is 14.7. The molecule has 0 aromatic carbocycles. The van der Waals surface area contributed by atoms with Crippen LogP contribution in [0.4, 0.5) is 0 Å². The lowest BCUT2D eigenvalue weighted by molar-refractivity contribution is -0.142. The number of piperidine rings is 1. The molecular weight excluding hydrogens is 272 g/mol. The number of hydrogen-bond donors (Lipinski definition) is 3. The number of carboxylic acids is 1. The highest BCUT2D eigenvalue weighted by atomic mass is 32.2. The first-order valence-corrected chi connectivity index (χ1v) is 8.00. The zero-order chi connectivity index (χ0) is 14.0. The summed E-state index contributed by atoms with van der Waals surface area (Å²) >= 11 is 0. The van der Waals surface area contributed by atoms with Crippen molar-refractivity contribution < 1.29 is 23.4 Å². The fourth-order valence-corrected chi connectivity index (χ4v) is 3.60. The quantitative estimate of drug-likeness (QED) is 0.605. The molecule has 8 heteroatoms. The van der Waals surface area contributed by atoms with Crippen molar-refractivity contribution in [3.8, 4) is 0 Å². The van der Waals surface area contributed by atoms with E-state index in [9.17, 15) is 18.3 Å². The van der Waals surface area contributed by atoms with Crippen LogP contribution in [0.25, 0.3) is 0 Å². The average Bonchev–Trinajstić information content (AvgIpc) is 3.20. The largest absolute Gasteiger partial charge is 0.481 e. The highest BCUT2D eigenvalue weighted by Crippen LogP contribution is 2.32. The van der Waals surface area contributed by atoms with Gasteiger partial charge >= 0.3 is 5.97 Å². The van der Waals surface area contributed by atoms with E-state index in [2.05, 4.69) is 4.72 Å². The number of nitrogens with zero attached hydrogens (tertiary/aromatic N) is 1. The van der Waals surface area contributed by atoms with Gasteiger partial charge in [-0.3, -0.25) is 4.79 Å². The molecule has 1 aliphatic carbocycles. The van der Waals surface area contributed by atoms with E-state index in [1.165, 1.54) is 0 Å². The molecule has 1 saturated heterocycles. The predicted molar refractivity (Wildman–Crippen MR) is 67.6 cm³/mol. The number of hydrogen-bond acceptors (Lipinski definition) is 4. The molecule has 2 atom stereocenters.